The fourth-order valence-corrected chi connectivity index (χ4v) is 17.2. The molecule has 14 nitrogen and oxygen atoms in total. The first kappa shape index (κ1) is 61.5. The van der Waals surface area contributed by atoms with Crippen LogP contribution in [-0.2, 0) is 46.9 Å². The molecular formula is C62H86ClN4O10Si2+. The van der Waals surface area contributed by atoms with Gasteiger partial charge >= 0.3 is 29.8 Å². The number of nitrogens with one attached hydrogen (secondary N) is 2. The lowest BCUT2D eigenvalue weighted by molar-refractivity contribution is -0.440. The van der Waals surface area contributed by atoms with E-state index in [4.69, 9.17) is 47.6 Å². The number of carbonyl (C=O) groups excluding carboxylic acids is 2. The van der Waals surface area contributed by atoms with Crippen molar-refractivity contribution in [3.63, 3.8) is 0 Å². The van der Waals surface area contributed by atoms with Crippen molar-refractivity contribution in [1.29, 1.82) is 0 Å². The number of halogens is 1. The van der Waals surface area contributed by atoms with Gasteiger partial charge in [0.15, 0.2) is 18.9 Å². The largest absolute Gasteiger partial charge is 0.500 e. The summed E-state index contributed by atoms with van der Waals surface area (Å²) < 4.78 is 50.0. The predicted octanol–water partition coefficient (Wildman–Crippen LogP) is 13.5. The number of allylic oxidation sites excluding steroid dienone is 8. The number of anilines is 1. The number of benzene rings is 4. The van der Waals surface area contributed by atoms with E-state index in [9.17, 15) is 9.59 Å². The first-order valence-electron chi connectivity index (χ1n) is 28.7. The van der Waals surface area contributed by atoms with Crippen LogP contribution in [0.5, 0.6) is 0 Å². The second-order valence-electron chi connectivity index (χ2n) is 20.9. The van der Waals surface area contributed by atoms with E-state index < -0.39 is 29.8 Å². The number of nitrogens with zero attached hydrogens (tertiary/aromatic N) is 2. The molecule has 2 heterocycles. The van der Waals surface area contributed by atoms with E-state index in [1.165, 1.54) is 32.7 Å². The van der Waals surface area contributed by atoms with Crippen LogP contribution in [0.3, 0.4) is 0 Å². The van der Waals surface area contributed by atoms with E-state index in [0.29, 0.717) is 90.8 Å². The van der Waals surface area contributed by atoms with Gasteiger partial charge in [0.1, 0.15) is 6.61 Å². The van der Waals surface area contributed by atoms with Crippen molar-refractivity contribution in [2.75, 3.05) is 83.9 Å². The highest BCUT2D eigenvalue weighted by atomic mass is 35.5. The standard InChI is InChI=1S/C62H85ClN4O10Si2/c1-11-72-78(73-12-2,74-13-3)44-22-38-64-59(68)70-42-40-66-52-34-30-46-24-17-19-28-50(46)56(52)61(7,8)54(66)36-32-48-26-21-27-49(58(48)63)33-37-55-62(9,10)57-51-29-20-18-25-47(51)31-35-53(57)67(55)41-43-71-60(69)65-39-23-45-79(75-14-4,76-15-5)77-16-6/h17-20,24-25,28-37H,11-16,21-23,26-27,38-45H2,1-10H3,(H-,64,65,68,69)/p+1. The highest BCUT2D eigenvalue weighted by molar-refractivity contribution is 6.61. The summed E-state index contributed by atoms with van der Waals surface area (Å²) in [5, 5.41) is 11.4. The molecule has 0 atom stereocenters. The van der Waals surface area contributed by atoms with Gasteiger partial charge in [0.2, 0.25) is 5.69 Å². The van der Waals surface area contributed by atoms with Crippen LogP contribution in [0.2, 0.25) is 12.1 Å². The molecule has 0 unspecified atom stereocenters. The molecule has 1 aliphatic carbocycles. The highest BCUT2D eigenvalue weighted by Crippen LogP contribution is 2.51. The fourth-order valence-electron chi connectivity index (χ4n) is 11.7. The summed E-state index contributed by atoms with van der Waals surface area (Å²) in [5.41, 5.74) is 8.23. The zero-order valence-electron chi connectivity index (χ0n) is 48.5. The molecular weight excluding hydrogens is 1050 g/mol. The lowest BCUT2D eigenvalue weighted by Gasteiger charge is -2.28. The summed E-state index contributed by atoms with van der Waals surface area (Å²) in [5.74, 6) is 0. The van der Waals surface area contributed by atoms with E-state index >= 15 is 0 Å². The predicted molar refractivity (Wildman–Crippen MR) is 322 cm³/mol. The third-order valence-corrected chi connectivity index (χ3v) is 21.8. The minimum atomic E-state index is -2.82. The number of hydrogen-bond acceptors (Lipinski definition) is 11. The normalized spacial score (nSPS) is 17.2. The van der Waals surface area contributed by atoms with Gasteiger partial charge in [-0.25, -0.2) is 9.59 Å². The fraction of sp³-hybridized carbons (Fsp3) is 0.500. The number of fused-ring (bicyclic) bond motifs is 6. The Bertz CT molecular complexity index is 2880. The Labute approximate surface area is 476 Å². The number of alkyl carbamates (subject to hydrolysis) is 2. The molecule has 79 heavy (non-hydrogen) atoms. The van der Waals surface area contributed by atoms with Crippen molar-refractivity contribution in [3.8, 4) is 0 Å². The van der Waals surface area contributed by atoms with Crippen LogP contribution in [0.1, 0.15) is 112 Å². The summed E-state index contributed by atoms with van der Waals surface area (Å²) in [6.45, 7) is 25.9. The number of rotatable bonds is 29. The van der Waals surface area contributed by atoms with Crippen molar-refractivity contribution in [2.24, 2.45) is 0 Å². The second kappa shape index (κ2) is 28.5. The van der Waals surface area contributed by atoms with Gasteiger partial charge in [-0.2, -0.15) is 4.58 Å². The van der Waals surface area contributed by atoms with Crippen molar-refractivity contribution in [2.45, 2.75) is 124 Å². The molecule has 0 bridgehead atoms. The minimum absolute atomic E-state index is 0.181. The van der Waals surface area contributed by atoms with Gasteiger partial charge in [-0.1, -0.05) is 92.2 Å². The third-order valence-electron chi connectivity index (χ3n) is 15.0. The van der Waals surface area contributed by atoms with Gasteiger partial charge in [-0.05, 0) is 144 Å². The van der Waals surface area contributed by atoms with Gasteiger partial charge in [-0.3, -0.25) is 0 Å². The molecule has 0 fully saturated rings. The smallest absolute Gasteiger partial charge is 0.448 e. The van der Waals surface area contributed by atoms with Crippen LogP contribution in [0.15, 0.2) is 119 Å². The monoisotopic (exact) mass is 1140 g/mol. The molecule has 0 saturated heterocycles. The van der Waals surface area contributed by atoms with Crippen LogP contribution in [0.4, 0.5) is 21.0 Å². The molecule has 0 aromatic heterocycles. The molecule has 7 rings (SSSR count). The van der Waals surface area contributed by atoms with Crippen molar-refractivity contribution < 1.29 is 50.2 Å². The van der Waals surface area contributed by atoms with E-state index in [1.54, 1.807) is 0 Å². The number of amides is 2. The van der Waals surface area contributed by atoms with E-state index in [-0.39, 0.29) is 24.0 Å². The number of ether oxygens (including phenoxy) is 2. The van der Waals surface area contributed by atoms with Crippen molar-refractivity contribution in [1.82, 2.24) is 10.6 Å². The zero-order chi connectivity index (χ0) is 56.6. The molecule has 3 aliphatic rings. The summed E-state index contributed by atoms with van der Waals surface area (Å²) in [4.78, 5) is 28.5. The summed E-state index contributed by atoms with van der Waals surface area (Å²) in [6, 6.07) is 27.0. The highest BCUT2D eigenvalue weighted by Gasteiger charge is 2.46. The average molecular weight is 1140 g/mol. The Balaban J connectivity index is 1.10. The molecule has 2 amide bonds. The van der Waals surface area contributed by atoms with E-state index in [0.717, 1.165) is 58.2 Å². The minimum Gasteiger partial charge on any atom is -0.448 e. The Kier molecular flexibility index (Phi) is 22.2. The van der Waals surface area contributed by atoms with Crippen molar-refractivity contribution >= 4 is 80.0 Å². The van der Waals surface area contributed by atoms with E-state index in [2.05, 4.69) is 145 Å². The third kappa shape index (κ3) is 14.5. The maximum absolute atomic E-state index is 13.1. The van der Waals surface area contributed by atoms with Crippen LogP contribution in [-0.4, -0.2) is 119 Å². The Morgan fingerprint density at radius 2 is 1.15 bits per heavy atom. The SMILES string of the molecule is CCO[Si](CCCNC(=O)OCCN1/C(=C\C=C2/CCCC(/C=C/C3=[N+](CCOC(=O)NCCC[Si](OCC)(OCC)OCC)c4ccc5ccccc5c4C3(C)C)=C2Cl)C(C)(C)c2c1ccc1ccccc21)(OCC)OCC. The van der Waals surface area contributed by atoms with Crippen LogP contribution in [0, 0.1) is 0 Å². The Morgan fingerprint density at radius 1 is 0.633 bits per heavy atom. The summed E-state index contributed by atoms with van der Waals surface area (Å²) in [6.07, 6.45) is 11.8. The van der Waals surface area contributed by atoms with E-state index in [1.807, 2.05) is 41.5 Å². The molecule has 17 heteroatoms. The number of carbonyl (C=O) groups is 2. The molecule has 428 valence electrons. The zero-order valence-corrected chi connectivity index (χ0v) is 51.3. The molecule has 2 N–H and O–H groups in total. The van der Waals surface area contributed by atoms with Gasteiger partial charge in [0, 0.05) is 104 Å². The van der Waals surface area contributed by atoms with Gasteiger partial charge < -0.3 is 51.6 Å². The van der Waals surface area contributed by atoms with Gasteiger partial charge in [0.25, 0.3) is 0 Å². The Hall–Kier alpha value is -5.15. The first-order chi connectivity index (χ1) is 38.1. The molecule has 0 saturated carbocycles. The van der Waals surface area contributed by atoms with Crippen LogP contribution >= 0.6 is 11.6 Å². The Morgan fingerprint density at radius 3 is 1.71 bits per heavy atom. The molecule has 4 aromatic rings. The maximum atomic E-state index is 13.1. The van der Waals surface area contributed by atoms with Crippen molar-refractivity contribution in [3.05, 3.63) is 130 Å². The number of hydrogen-bond donors (Lipinski definition) is 2. The quantitative estimate of drug-likeness (QED) is 0.0305. The van der Waals surface area contributed by atoms with Gasteiger partial charge in [0.05, 0.1) is 12.0 Å². The molecule has 0 spiro atoms. The summed E-state index contributed by atoms with van der Waals surface area (Å²) in [7, 11) is -5.64. The molecule has 2 aliphatic heterocycles. The second-order valence-corrected chi connectivity index (χ2v) is 26.7. The van der Waals surface area contributed by atoms with Gasteiger partial charge in [-0.15, -0.1) is 0 Å². The lowest BCUT2D eigenvalue weighted by Crippen LogP contribution is -2.46. The maximum Gasteiger partial charge on any atom is 0.500 e. The average Bonchev–Trinajstić information content (AvgIpc) is 4.07. The first-order valence-corrected chi connectivity index (χ1v) is 33.0. The van der Waals surface area contributed by atoms with Crippen LogP contribution in [0.25, 0.3) is 21.5 Å². The van der Waals surface area contributed by atoms with Crippen LogP contribution < -0.4 is 15.5 Å². The summed E-state index contributed by atoms with van der Waals surface area (Å²) >= 11 is 7.48. The topological polar surface area (TPSA) is 138 Å². The lowest BCUT2D eigenvalue weighted by atomic mass is 9.78. The molecule has 0 radical (unpaired) electrons. The molecule has 4 aromatic carbocycles.